The zero-order valence-electron chi connectivity index (χ0n) is 21.0. The molecule has 0 aliphatic carbocycles. The van der Waals surface area contributed by atoms with Gasteiger partial charge in [-0.15, -0.1) is 0 Å². The molecule has 3 amide bonds. The van der Waals surface area contributed by atoms with E-state index in [1.165, 1.54) is 12.1 Å². The Hall–Kier alpha value is -3.71. The molecule has 0 spiro atoms. The van der Waals surface area contributed by atoms with Gasteiger partial charge in [-0.3, -0.25) is 14.4 Å². The fourth-order valence-electron chi connectivity index (χ4n) is 4.18. The van der Waals surface area contributed by atoms with Crippen molar-refractivity contribution >= 4 is 17.7 Å². The van der Waals surface area contributed by atoms with Crippen LogP contribution in [0.1, 0.15) is 24.0 Å². The Morgan fingerprint density at radius 1 is 0.974 bits per heavy atom. The molecule has 1 heterocycles. The highest BCUT2D eigenvalue weighted by Gasteiger charge is 2.29. The number of hydrogen-bond donors (Lipinski definition) is 9. The van der Waals surface area contributed by atoms with E-state index in [0.717, 1.165) is 0 Å². The molecule has 38 heavy (non-hydrogen) atoms. The van der Waals surface area contributed by atoms with Gasteiger partial charge in [0.1, 0.15) is 23.6 Å². The minimum absolute atomic E-state index is 0.0101. The first-order valence-electron chi connectivity index (χ1n) is 12.5. The van der Waals surface area contributed by atoms with Gasteiger partial charge in [-0.2, -0.15) is 0 Å². The van der Waals surface area contributed by atoms with Crippen LogP contribution in [0.15, 0.2) is 36.4 Å². The molecule has 0 aromatic heterocycles. The number of amides is 3. The number of benzene rings is 2. The number of fused-ring (bicyclic) bond motifs is 5. The second-order valence-electron chi connectivity index (χ2n) is 9.39. The highest BCUT2D eigenvalue weighted by Crippen LogP contribution is 2.30. The molecule has 2 aromatic carbocycles. The SMILES string of the molecule is NCCC[C@@H]1NC(=O)C(N)Cc2cc(ccc2O)-c2ccc(O)c(c2)C[C@@H](C(=O)NCC(O)CN)NC1=O. The predicted molar refractivity (Wildman–Crippen MR) is 141 cm³/mol. The van der Waals surface area contributed by atoms with E-state index in [2.05, 4.69) is 16.0 Å². The maximum Gasteiger partial charge on any atom is 0.243 e. The van der Waals surface area contributed by atoms with E-state index in [9.17, 15) is 29.7 Å². The lowest BCUT2D eigenvalue weighted by molar-refractivity contribution is -0.132. The molecular weight excluding hydrogens is 492 g/mol. The topological polar surface area (TPSA) is 226 Å². The number of aliphatic hydroxyl groups is 1. The fourth-order valence-corrected chi connectivity index (χ4v) is 4.18. The maximum atomic E-state index is 13.3. The molecule has 12 nitrogen and oxygen atoms in total. The summed E-state index contributed by atoms with van der Waals surface area (Å²) in [7, 11) is 0. The van der Waals surface area contributed by atoms with Crippen LogP contribution >= 0.6 is 0 Å². The third-order valence-corrected chi connectivity index (χ3v) is 6.44. The number of carbonyl (C=O) groups excluding carboxylic acids is 3. The summed E-state index contributed by atoms with van der Waals surface area (Å²) >= 11 is 0. The van der Waals surface area contributed by atoms with Gasteiger partial charge in [0.05, 0.1) is 12.1 Å². The maximum absolute atomic E-state index is 13.3. The summed E-state index contributed by atoms with van der Waals surface area (Å²) in [5.41, 5.74) is 19.4. The Bertz CT molecular complexity index is 1160. The van der Waals surface area contributed by atoms with Gasteiger partial charge in [-0.25, -0.2) is 0 Å². The van der Waals surface area contributed by atoms with Gasteiger partial charge < -0.3 is 48.5 Å². The molecule has 4 atom stereocenters. The van der Waals surface area contributed by atoms with Crippen molar-refractivity contribution in [1.82, 2.24) is 16.0 Å². The largest absolute Gasteiger partial charge is 0.508 e. The quantitative estimate of drug-likeness (QED) is 0.200. The molecule has 4 bridgehead atoms. The predicted octanol–water partition coefficient (Wildman–Crippen LogP) is -1.66. The zero-order chi connectivity index (χ0) is 27.8. The van der Waals surface area contributed by atoms with Crippen LogP contribution < -0.4 is 33.2 Å². The number of nitrogens with one attached hydrogen (secondary N) is 3. The first-order chi connectivity index (χ1) is 18.1. The molecule has 1 aliphatic rings. The van der Waals surface area contributed by atoms with E-state index >= 15 is 0 Å². The van der Waals surface area contributed by atoms with E-state index < -0.39 is 42.0 Å². The number of phenols is 2. The van der Waals surface area contributed by atoms with E-state index in [1.807, 2.05) is 0 Å². The summed E-state index contributed by atoms with van der Waals surface area (Å²) in [5, 5.41) is 38.6. The Balaban J connectivity index is 2.06. The zero-order valence-corrected chi connectivity index (χ0v) is 21.0. The average molecular weight is 529 g/mol. The van der Waals surface area contributed by atoms with E-state index in [1.54, 1.807) is 24.3 Å². The minimum atomic E-state index is -1.15. The normalized spacial score (nSPS) is 20.9. The molecule has 0 saturated carbocycles. The van der Waals surface area contributed by atoms with Gasteiger partial charge >= 0.3 is 0 Å². The van der Waals surface area contributed by atoms with Crippen molar-refractivity contribution in [3.8, 4) is 22.6 Å². The van der Waals surface area contributed by atoms with Crippen molar-refractivity contribution in [3.63, 3.8) is 0 Å². The molecule has 0 radical (unpaired) electrons. The summed E-state index contributed by atoms with van der Waals surface area (Å²) in [6.07, 6.45) is -0.439. The van der Waals surface area contributed by atoms with Crippen molar-refractivity contribution in [1.29, 1.82) is 0 Å². The molecule has 12 N–H and O–H groups in total. The third kappa shape index (κ3) is 7.42. The molecule has 206 valence electrons. The summed E-state index contributed by atoms with van der Waals surface area (Å²) in [4.78, 5) is 39.3. The monoisotopic (exact) mass is 528 g/mol. The summed E-state index contributed by atoms with van der Waals surface area (Å²) in [6.45, 7) is 0.0718. The number of carbonyl (C=O) groups is 3. The molecule has 1 aliphatic heterocycles. The molecule has 2 unspecified atom stereocenters. The van der Waals surface area contributed by atoms with E-state index in [4.69, 9.17) is 17.2 Å². The number of nitrogens with two attached hydrogens (primary N) is 3. The molecular formula is C26H36N6O6. The van der Waals surface area contributed by atoms with Crippen LogP contribution in [0.4, 0.5) is 0 Å². The van der Waals surface area contributed by atoms with Crippen LogP contribution in [0.25, 0.3) is 11.1 Å². The molecule has 2 aromatic rings. The number of hydrogen-bond acceptors (Lipinski definition) is 9. The highest BCUT2D eigenvalue weighted by atomic mass is 16.3. The first kappa shape index (κ1) is 28.9. The Kier molecular flexibility index (Phi) is 10.0. The lowest BCUT2D eigenvalue weighted by atomic mass is 9.95. The number of rotatable bonds is 7. The molecule has 12 heteroatoms. The standard InChI is InChI=1S/C26H36N6O6/c27-7-1-2-20-26(38)32-21(25(37)30-13-18(33)12-28)11-17-9-15(4-6-23(17)35)14-3-5-22(34)16(8-14)10-19(29)24(36)31-20/h3-6,8-9,18-21,33-35H,1-2,7,10-13,27-29H2,(H,30,37)(H,31,36)(H,32,38)/t18?,19?,20-,21-/m0/s1. The second-order valence-corrected chi connectivity index (χ2v) is 9.39. The van der Waals surface area contributed by atoms with Crippen LogP contribution in [0.5, 0.6) is 11.5 Å². The molecule has 0 fully saturated rings. The lowest BCUT2D eigenvalue weighted by Crippen LogP contribution is -2.57. The van der Waals surface area contributed by atoms with Gasteiger partial charge in [0.2, 0.25) is 17.7 Å². The van der Waals surface area contributed by atoms with Crippen molar-refractivity contribution in [2.45, 2.75) is 49.9 Å². The lowest BCUT2D eigenvalue weighted by Gasteiger charge is -2.25. The van der Waals surface area contributed by atoms with Crippen LogP contribution in [0.3, 0.4) is 0 Å². The van der Waals surface area contributed by atoms with Gasteiger partial charge in [-0.1, -0.05) is 12.1 Å². The molecule has 0 saturated heterocycles. The van der Waals surface area contributed by atoms with Gasteiger partial charge in [0.15, 0.2) is 0 Å². The van der Waals surface area contributed by atoms with Crippen LogP contribution in [-0.2, 0) is 27.2 Å². The Morgan fingerprint density at radius 3 is 2.16 bits per heavy atom. The summed E-state index contributed by atoms with van der Waals surface area (Å²) in [5.74, 6) is -1.96. The van der Waals surface area contributed by atoms with Gasteiger partial charge in [0.25, 0.3) is 0 Å². The van der Waals surface area contributed by atoms with E-state index in [-0.39, 0.29) is 50.4 Å². The number of aromatic hydroxyl groups is 2. The van der Waals surface area contributed by atoms with Crippen molar-refractivity contribution in [2.24, 2.45) is 17.2 Å². The molecule has 3 rings (SSSR count). The van der Waals surface area contributed by atoms with Crippen LogP contribution in [0, 0.1) is 0 Å². The fraction of sp³-hybridized carbons (Fsp3) is 0.423. The second kappa shape index (κ2) is 13.2. The third-order valence-electron chi connectivity index (χ3n) is 6.44. The number of phenolic OH excluding ortho intramolecular Hbond substituents is 2. The van der Waals surface area contributed by atoms with E-state index in [0.29, 0.717) is 28.7 Å². The Labute approximate surface area is 220 Å². The smallest absolute Gasteiger partial charge is 0.243 e. The van der Waals surface area contributed by atoms with Crippen LogP contribution in [-0.4, -0.2) is 76.9 Å². The minimum Gasteiger partial charge on any atom is -0.508 e. The Morgan fingerprint density at radius 2 is 1.58 bits per heavy atom. The first-order valence-corrected chi connectivity index (χ1v) is 12.5. The highest BCUT2D eigenvalue weighted by molar-refractivity contribution is 5.93. The summed E-state index contributed by atoms with van der Waals surface area (Å²) < 4.78 is 0. The average Bonchev–Trinajstić information content (AvgIpc) is 2.90. The number of aliphatic hydroxyl groups excluding tert-OH is 1. The van der Waals surface area contributed by atoms with Crippen molar-refractivity contribution in [2.75, 3.05) is 19.6 Å². The van der Waals surface area contributed by atoms with Gasteiger partial charge in [0, 0.05) is 25.9 Å². The van der Waals surface area contributed by atoms with Crippen molar-refractivity contribution in [3.05, 3.63) is 47.5 Å². The van der Waals surface area contributed by atoms with Crippen LogP contribution in [0.2, 0.25) is 0 Å². The summed E-state index contributed by atoms with van der Waals surface area (Å²) in [6, 6.07) is 6.45. The van der Waals surface area contributed by atoms with Crippen molar-refractivity contribution < 1.29 is 29.7 Å². The van der Waals surface area contributed by atoms with Gasteiger partial charge in [-0.05, 0) is 65.9 Å².